The maximum atomic E-state index is 13.5. The molecule has 29 heavy (non-hydrogen) atoms. The van der Waals surface area contributed by atoms with Gasteiger partial charge in [0, 0.05) is 32.2 Å². The summed E-state index contributed by atoms with van der Waals surface area (Å²) >= 11 is 0. The van der Waals surface area contributed by atoms with Crippen molar-refractivity contribution in [1.29, 1.82) is 0 Å². The second-order valence-corrected chi connectivity index (χ2v) is 9.43. The first-order valence-electron chi connectivity index (χ1n) is 9.80. The van der Waals surface area contributed by atoms with Crippen LogP contribution < -0.4 is 5.32 Å². The van der Waals surface area contributed by atoms with Crippen molar-refractivity contribution >= 4 is 15.9 Å². The molecular formula is C21H24FN3O3S. The SMILES string of the molecule is O=C(NC1CC1)[C@H](c1ccccc1)N1CCN(S(=O)(=O)c2cccc(F)c2)CC1. The number of benzene rings is 2. The highest BCUT2D eigenvalue weighted by atomic mass is 32.2. The minimum Gasteiger partial charge on any atom is -0.352 e. The number of nitrogens with zero attached hydrogens (tertiary/aromatic N) is 2. The molecule has 8 heteroatoms. The molecule has 2 aromatic rings. The molecule has 1 saturated carbocycles. The van der Waals surface area contributed by atoms with E-state index in [-0.39, 0.29) is 29.9 Å². The van der Waals surface area contributed by atoms with Gasteiger partial charge in [-0.1, -0.05) is 36.4 Å². The number of piperazine rings is 1. The number of halogens is 1. The summed E-state index contributed by atoms with van der Waals surface area (Å²) in [5.74, 6) is -0.620. The topological polar surface area (TPSA) is 69.7 Å². The van der Waals surface area contributed by atoms with E-state index in [9.17, 15) is 17.6 Å². The maximum Gasteiger partial charge on any atom is 0.243 e. The molecule has 0 radical (unpaired) electrons. The van der Waals surface area contributed by atoms with Gasteiger partial charge in [-0.3, -0.25) is 9.69 Å². The Hall–Kier alpha value is -2.29. The summed E-state index contributed by atoms with van der Waals surface area (Å²) in [5.41, 5.74) is 0.895. The summed E-state index contributed by atoms with van der Waals surface area (Å²) in [6.45, 7) is 1.34. The quantitative estimate of drug-likeness (QED) is 0.782. The number of rotatable bonds is 6. The molecule has 2 aliphatic rings. The number of carbonyl (C=O) groups excluding carboxylic acids is 1. The van der Waals surface area contributed by atoms with E-state index in [1.54, 1.807) is 0 Å². The molecule has 1 amide bonds. The normalized spacial score (nSPS) is 19.6. The standard InChI is InChI=1S/C21H24FN3O3S/c22-17-7-4-8-19(15-17)29(27,28)25-13-11-24(12-14-25)20(16-5-2-1-3-6-16)21(26)23-18-9-10-18/h1-8,15,18,20H,9-14H2,(H,23,26)/t20-/m0/s1. The molecule has 6 nitrogen and oxygen atoms in total. The van der Waals surface area contributed by atoms with Crippen molar-refractivity contribution in [3.63, 3.8) is 0 Å². The van der Waals surface area contributed by atoms with Crippen LogP contribution in [0.15, 0.2) is 59.5 Å². The van der Waals surface area contributed by atoms with E-state index in [0.717, 1.165) is 24.5 Å². The third kappa shape index (κ3) is 4.49. The number of nitrogens with one attached hydrogen (secondary N) is 1. The second-order valence-electron chi connectivity index (χ2n) is 7.49. The molecule has 0 spiro atoms. The van der Waals surface area contributed by atoms with Crippen molar-refractivity contribution in [2.24, 2.45) is 0 Å². The van der Waals surface area contributed by atoms with E-state index >= 15 is 0 Å². The summed E-state index contributed by atoms with van der Waals surface area (Å²) in [5, 5.41) is 3.07. The van der Waals surface area contributed by atoms with Crippen molar-refractivity contribution in [3.05, 3.63) is 66.0 Å². The van der Waals surface area contributed by atoms with Crippen molar-refractivity contribution in [2.75, 3.05) is 26.2 Å². The van der Waals surface area contributed by atoms with Crippen molar-refractivity contribution < 1.29 is 17.6 Å². The van der Waals surface area contributed by atoms with Crippen molar-refractivity contribution in [1.82, 2.24) is 14.5 Å². The Kier molecular flexibility index (Phi) is 5.67. The summed E-state index contributed by atoms with van der Waals surface area (Å²) in [6, 6.07) is 14.4. The average Bonchev–Trinajstić information content (AvgIpc) is 3.53. The van der Waals surface area contributed by atoms with E-state index in [1.165, 1.54) is 22.5 Å². The maximum absolute atomic E-state index is 13.5. The van der Waals surface area contributed by atoms with Crippen LogP contribution in [0.1, 0.15) is 24.4 Å². The Morgan fingerprint density at radius 1 is 1.00 bits per heavy atom. The molecule has 1 saturated heterocycles. The molecule has 1 aliphatic carbocycles. The van der Waals surface area contributed by atoms with Gasteiger partial charge in [0.05, 0.1) is 4.90 Å². The second kappa shape index (κ2) is 8.22. The van der Waals surface area contributed by atoms with Crippen LogP contribution in [0, 0.1) is 5.82 Å². The lowest BCUT2D eigenvalue weighted by atomic mass is 10.0. The molecule has 154 valence electrons. The molecule has 0 aromatic heterocycles. The summed E-state index contributed by atoms with van der Waals surface area (Å²) in [7, 11) is -3.76. The van der Waals surface area contributed by atoms with Crippen LogP contribution in [0.5, 0.6) is 0 Å². The van der Waals surface area contributed by atoms with Gasteiger partial charge < -0.3 is 5.32 Å². The summed E-state index contributed by atoms with van der Waals surface area (Å²) in [6.07, 6.45) is 2.01. The highest BCUT2D eigenvalue weighted by Crippen LogP contribution is 2.27. The first-order valence-corrected chi connectivity index (χ1v) is 11.2. The van der Waals surface area contributed by atoms with Crippen LogP contribution in [0.3, 0.4) is 0 Å². The van der Waals surface area contributed by atoms with E-state index in [0.29, 0.717) is 13.1 Å². The molecule has 1 N–H and O–H groups in total. The number of hydrogen-bond acceptors (Lipinski definition) is 4. The largest absolute Gasteiger partial charge is 0.352 e. The van der Waals surface area contributed by atoms with E-state index < -0.39 is 21.9 Å². The minimum atomic E-state index is -3.76. The number of sulfonamides is 1. The number of hydrogen-bond donors (Lipinski definition) is 1. The first kappa shape index (κ1) is 20.0. The van der Waals surface area contributed by atoms with Gasteiger partial charge in [0.2, 0.25) is 15.9 Å². The Bertz CT molecular complexity index is 972. The van der Waals surface area contributed by atoms with Crippen LogP contribution >= 0.6 is 0 Å². The molecular weight excluding hydrogens is 393 g/mol. The monoisotopic (exact) mass is 417 g/mol. The fraction of sp³-hybridized carbons (Fsp3) is 0.381. The van der Waals surface area contributed by atoms with Crippen LogP contribution in [-0.4, -0.2) is 55.8 Å². The molecule has 1 heterocycles. The Morgan fingerprint density at radius 3 is 2.31 bits per heavy atom. The third-order valence-corrected chi connectivity index (χ3v) is 7.25. The lowest BCUT2D eigenvalue weighted by Gasteiger charge is -2.38. The lowest BCUT2D eigenvalue weighted by molar-refractivity contribution is -0.127. The van der Waals surface area contributed by atoms with Gasteiger partial charge in [-0.2, -0.15) is 4.31 Å². The van der Waals surface area contributed by atoms with E-state index in [1.807, 2.05) is 35.2 Å². The van der Waals surface area contributed by atoms with Gasteiger partial charge in [-0.25, -0.2) is 12.8 Å². The molecule has 2 fully saturated rings. The third-order valence-electron chi connectivity index (χ3n) is 5.36. The van der Waals surface area contributed by atoms with Crippen molar-refractivity contribution in [2.45, 2.75) is 29.8 Å². The summed E-state index contributed by atoms with van der Waals surface area (Å²) in [4.78, 5) is 14.9. The Balaban J connectivity index is 1.49. The van der Waals surface area contributed by atoms with Crippen LogP contribution in [0.25, 0.3) is 0 Å². The smallest absolute Gasteiger partial charge is 0.243 e. The molecule has 1 atom stereocenters. The molecule has 2 aromatic carbocycles. The van der Waals surface area contributed by atoms with Gasteiger partial charge in [0.1, 0.15) is 11.9 Å². The van der Waals surface area contributed by atoms with Gasteiger partial charge in [0.15, 0.2) is 0 Å². The molecule has 0 unspecified atom stereocenters. The Labute approximate surface area is 170 Å². The predicted octanol–water partition coefficient (Wildman–Crippen LogP) is 2.15. The highest BCUT2D eigenvalue weighted by Gasteiger charge is 2.36. The van der Waals surface area contributed by atoms with Crippen LogP contribution in [-0.2, 0) is 14.8 Å². The van der Waals surface area contributed by atoms with Crippen molar-refractivity contribution in [3.8, 4) is 0 Å². The fourth-order valence-electron chi connectivity index (χ4n) is 3.65. The highest BCUT2D eigenvalue weighted by molar-refractivity contribution is 7.89. The first-order chi connectivity index (χ1) is 13.9. The average molecular weight is 418 g/mol. The predicted molar refractivity (Wildman–Crippen MR) is 107 cm³/mol. The molecule has 4 rings (SSSR count). The number of carbonyl (C=O) groups is 1. The molecule has 1 aliphatic heterocycles. The zero-order valence-corrected chi connectivity index (χ0v) is 16.8. The minimum absolute atomic E-state index is 0.0415. The van der Waals surface area contributed by atoms with Crippen LogP contribution in [0.4, 0.5) is 4.39 Å². The van der Waals surface area contributed by atoms with E-state index in [4.69, 9.17) is 0 Å². The van der Waals surface area contributed by atoms with Gasteiger partial charge >= 0.3 is 0 Å². The molecule has 0 bridgehead atoms. The summed E-state index contributed by atoms with van der Waals surface area (Å²) < 4.78 is 40.5. The number of amides is 1. The van der Waals surface area contributed by atoms with E-state index in [2.05, 4.69) is 5.32 Å². The van der Waals surface area contributed by atoms with Gasteiger partial charge in [0.25, 0.3) is 0 Å². The van der Waals surface area contributed by atoms with Gasteiger partial charge in [-0.15, -0.1) is 0 Å². The van der Waals surface area contributed by atoms with Gasteiger partial charge in [-0.05, 0) is 36.6 Å². The van der Waals surface area contributed by atoms with Crippen LogP contribution in [0.2, 0.25) is 0 Å². The zero-order chi connectivity index (χ0) is 20.4. The fourth-order valence-corrected chi connectivity index (χ4v) is 5.10. The zero-order valence-electron chi connectivity index (χ0n) is 16.0. The Morgan fingerprint density at radius 2 is 1.69 bits per heavy atom. The lowest BCUT2D eigenvalue weighted by Crippen LogP contribution is -2.52.